The number of benzene rings is 2. The third kappa shape index (κ3) is 5.44. The molecule has 0 N–H and O–H groups in total. The molecular weight excluding hydrogens is 430 g/mol. The van der Waals surface area contributed by atoms with Crippen LogP contribution in [0.2, 0.25) is 0 Å². The lowest BCUT2D eigenvalue weighted by molar-refractivity contribution is -0.384. The third-order valence-corrected chi connectivity index (χ3v) is 5.90. The van der Waals surface area contributed by atoms with E-state index in [1.54, 1.807) is 26.3 Å². The molecule has 1 heterocycles. The van der Waals surface area contributed by atoms with Crippen molar-refractivity contribution in [2.75, 3.05) is 24.8 Å². The van der Waals surface area contributed by atoms with Crippen LogP contribution >= 0.6 is 11.8 Å². The molecule has 1 aromatic heterocycles. The number of rotatable bonds is 10. The van der Waals surface area contributed by atoms with E-state index in [1.165, 1.54) is 28.8 Å². The van der Waals surface area contributed by atoms with Crippen LogP contribution in [0.1, 0.15) is 19.8 Å². The van der Waals surface area contributed by atoms with Crippen LogP contribution in [0.3, 0.4) is 0 Å². The Morgan fingerprint density at radius 1 is 1.16 bits per heavy atom. The van der Waals surface area contributed by atoms with Crippen molar-refractivity contribution in [2.45, 2.75) is 31.5 Å². The number of carbonyl (C=O) groups is 1. The van der Waals surface area contributed by atoms with E-state index >= 15 is 0 Å². The highest BCUT2D eigenvalue weighted by Gasteiger charge is 2.18. The highest BCUT2D eigenvalue weighted by Crippen LogP contribution is 2.27. The summed E-state index contributed by atoms with van der Waals surface area (Å²) in [4.78, 5) is 24.5. The van der Waals surface area contributed by atoms with Crippen LogP contribution in [0.5, 0.6) is 5.75 Å². The zero-order valence-corrected chi connectivity index (χ0v) is 19.0. The molecular formula is C22H25N5O4S. The molecule has 0 saturated carbocycles. The average molecular weight is 456 g/mol. The van der Waals surface area contributed by atoms with Crippen molar-refractivity contribution in [3.05, 3.63) is 58.6 Å². The predicted molar refractivity (Wildman–Crippen MR) is 124 cm³/mol. The second-order valence-electron chi connectivity index (χ2n) is 7.05. The van der Waals surface area contributed by atoms with E-state index in [0.29, 0.717) is 10.8 Å². The maximum atomic E-state index is 12.7. The van der Waals surface area contributed by atoms with Gasteiger partial charge in [-0.05, 0) is 42.8 Å². The molecule has 9 nitrogen and oxygen atoms in total. The largest absolute Gasteiger partial charge is 0.497 e. The number of hydrogen-bond donors (Lipinski definition) is 0. The quantitative estimate of drug-likeness (QED) is 0.253. The van der Waals surface area contributed by atoms with Gasteiger partial charge in [-0.2, -0.15) is 0 Å². The first kappa shape index (κ1) is 23.3. The van der Waals surface area contributed by atoms with E-state index in [9.17, 15) is 14.9 Å². The van der Waals surface area contributed by atoms with Gasteiger partial charge in [0.1, 0.15) is 5.75 Å². The van der Waals surface area contributed by atoms with Crippen LogP contribution in [-0.4, -0.2) is 45.5 Å². The molecule has 0 aliphatic carbocycles. The summed E-state index contributed by atoms with van der Waals surface area (Å²) in [6, 6.07) is 13.5. The van der Waals surface area contributed by atoms with Crippen LogP contribution in [0, 0.1) is 10.1 Å². The van der Waals surface area contributed by atoms with Gasteiger partial charge in [-0.3, -0.25) is 14.9 Å². The molecule has 168 valence electrons. The lowest BCUT2D eigenvalue weighted by atomic mass is 10.2. The van der Waals surface area contributed by atoms with Gasteiger partial charge >= 0.3 is 0 Å². The topological polar surface area (TPSA) is 103 Å². The first-order valence-electron chi connectivity index (χ1n) is 10.2. The fraction of sp³-hybridized carbons (Fsp3) is 0.318. The van der Waals surface area contributed by atoms with Crippen molar-refractivity contribution in [1.82, 2.24) is 14.8 Å². The number of aromatic nitrogens is 3. The molecule has 0 saturated heterocycles. The Hall–Kier alpha value is -3.40. The first-order chi connectivity index (χ1) is 15.4. The van der Waals surface area contributed by atoms with E-state index in [-0.39, 0.29) is 17.3 Å². The van der Waals surface area contributed by atoms with Gasteiger partial charge in [0.25, 0.3) is 5.69 Å². The van der Waals surface area contributed by atoms with Gasteiger partial charge in [-0.15, -0.1) is 10.2 Å². The average Bonchev–Trinajstić information content (AvgIpc) is 3.23. The highest BCUT2D eigenvalue weighted by molar-refractivity contribution is 7.99. The molecule has 2 aromatic carbocycles. The molecule has 0 fully saturated rings. The SMILES string of the molecule is CCCCn1c(SCC(=O)N(C)c2ccc([N+](=O)[O-])cc2)nnc1-c1ccc(OC)cc1. The van der Waals surface area contributed by atoms with Gasteiger partial charge in [0.15, 0.2) is 11.0 Å². The fourth-order valence-electron chi connectivity index (χ4n) is 3.03. The maximum absolute atomic E-state index is 12.7. The molecule has 32 heavy (non-hydrogen) atoms. The number of nitro groups is 1. The Balaban J connectivity index is 1.73. The van der Waals surface area contributed by atoms with E-state index in [0.717, 1.165) is 36.5 Å². The van der Waals surface area contributed by atoms with Crippen LogP contribution in [0.4, 0.5) is 11.4 Å². The second-order valence-corrected chi connectivity index (χ2v) is 8.00. The van der Waals surface area contributed by atoms with Gasteiger partial charge < -0.3 is 14.2 Å². The number of hydrogen-bond acceptors (Lipinski definition) is 7. The fourth-order valence-corrected chi connectivity index (χ4v) is 3.91. The minimum absolute atomic E-state index is 0.0148. The predicted octanol–water partition coefficient (Wildman–Crippen LogP) is 4.42. The lowest BCUT2D eigenvalue weighted by Gasteiger charge is -2.17. The van der Waals surface area contributed by atoms with Gasteiger partial charge in [-0.25, -0.2) is 0 Å². The Morgan fingerprint density at radius 2 is 1.84 bits per heavy atom. The molecule has 0 bridgehead atoms. The number of carbonyl (C=O) groups excluding carboxylic acids is 1. The molecule has 0 aliphatic rings. The molecule has 0 unspecified atom stereocenters. The number of nitrogens with zero attached hydrogens (tertiary/aromatic N) is 5. The molecule has 10 heteroatoms. The maximum Gasteiger partial charge on any atom is 0.269 e. The van der Waals surface area contributed by atoms with Crippen molar-refractivity contribution < 1.29 is 14.5 Å². The smallest absolute Gasteiger partial charge is 0.269 e. The number of methoxy groups -OCH3 is 1. The van der Waals surface area contributed by atoms with E-state index < -0.39 is 4.92 Å². The zero-order chi connectivity index (χ0) is 23.1. The number of nitro benzene ring substituents is 1. The highest BCUT2D eigenvalue weighted by atomic mass is 32.2. The minimum atomic E-state index is -0.467. The summed E-state index contributed by atoms with van der Waals surface area (Å²) in [5.74, 6) is 1.54. The van der Waals surface area contributed by atoms with Gasteiger partial charge in [0.05, 0.1) is 17.8 Å². The molecule has 0 radical (unpaired) electrons. The van der Waals surface area contributed by atoms with E-state index in [1.807, 2.05) is 28.8 Å². The summed E-state index contributed by atoms with van der Waals surface area (Å²) >= 11 is 1.33. The Morgan fingerprint density at radius 3 is 2.44 bits per heavy atom. The van der Waals surface area contributed by atoms with Crippen molar-refractivity contribution in [3.8, 4) is 17.1 Å². The summed E-state index contributed by atoms with van der Waals surface area (Å²) in [5.41, 5.74) is 1.50. The number of unbranched alkanes of at least 4 members (excludes halogenated alkanes) is 1. The number of non-ortho nitro benzene ring substituents is 1. The molecule has 3 aromatic rings. The lowest BCUT2D eigenvalue weighted by Crippen LogP contribution is -2.28. The standard InChI is InChI=1S/C22H25N5O4S/c1-4-5-14-26-21(16-6-12-19(31-3)13-7-16)23-24-22(26)32-15-20(28)25(2)17-8-10-18(11-9-17)27(29)30/h6-13H,4-5,14-15H2,1-3H3. The van der Waals surface area contributed by atoms with Gasteiger partial charge in [0.2, 0.25) is 5.91 Å². The number of amides is 1. The number of ether oxygens (including phenoxy) is 1. The summed E-state index contributed by atoms with van der Waals surface area (Å²) < 4.78 is 7.26. The Kier molecular flexibility index (Phi) is 7.82. The Bertz CT molecular complexity index is 1070. The molecule has 3 rings (SSSR count). The van der Waals surface area contributed by atoms with Crippen molar-refractivity contribution in [2.24, 2.45) is 0 Å². The first-order valence-corrected chi connectivity index (χ1v) is 11.1. The van der Waals surface area contributed by atoms with Crippen molar-refractivity contribution >= 4 is 29.0 Å². The normalized spacial score (nSPS) is 10.7. The van der Waals surface area contributed by atoms with E-state index in [2.05, 4.69) is 17.1 Å². The summed E-state index contributed by atoms with van der Waals surface area (Å²) in [6.07, 6.45) is 1.98. The Labute approximate surface area is 190 Å². The van der Waals surface area contributed by atoms with Crippen LogP contribution in [0.15, 0.2) is 53.7 Å². The molecule has 0 aliphatic heterocycles. The van der Waals surface area contributed by atoms with Crippen molar-refractivity contribution in [1.29, 1.82) is 0 Å². The number of thioether (sulfide) groups is 1. The monoisotopic (exact) mass is 455 g/mol. The number of anilines is 1. The minimum Gasteiger partial charge on any atom is -0.497 e. The molecule has 0 atom stereocenters. The van der Waals surface area contributed by atoms with Gasteiger partial charge in [0, 0.05) is 37.0 Å². The molecule has 0 spiro atoms. The van der Waals surface area contributed by atoms with Crippen molar-refractivity contribution in [3.63, 3.8) is 0 Å². The summed E-state index contributed by atoms with van der Waals surface area (Å²) in [7, 11) is 3.27. The van der Waals surface area contributed by atoms with E-state index in [4.69, 9.17) is 4.74 Å². The van der Waals surface area contributed by atoms with Crippen LogP contribution < -0.4 is 9.64 Å². The van der Waals surface area contributed by atoms with Crippen LogP contribution in [0.25, 0.3) is 11.4 Å². The van der Waals surface area contributed by atoms with Crippen LogP contribution in [-0.2, 0) is 11.3 Å². The molecule has 1 amide bonds. The summed E-state index contributed by atoms with van der Waals surface area (Å²) in [6.45, 7) is 2.87. The summed E-state index contributed by atoms with van der Waals surface area (Å²) in [5, 5.41) is 20.2. The van der Waals surface area contributed by atoms with Gasteiger partial charge in [-0.1, -0.05) is 25.1 Å². The second kappa shape index (κ2) is 10.8. The zero-order valence-electron chi connectivity index (χ0n) is 18.2. The third-order valence-electron chi connectivity index (χ3n) is 4.95.